The van der Waals surface area contributed by atoms with Crippen LogP contribution in [0.1, 0.15) is 26.2 Å². The first-order valence-electron chi connectivity index (χ1n) is 5.96. The molecule has 1 aliphatic heterocycles. The van der Waals surface area contributed by atoms with Gasteiger partial charge in [-0.25, -0.2) is 0 Å². The summed E-state index contributed by atoms with van der Waals surface area (Å²) >= 11 is 0. The van der Waals surface area contributed by atoms with Crippen molar-refractivity contribution in [1.29, 1.82) is 0 Å². The van der Waals surface area contributed by atoms with E-state index in [1.165, 1.54) is 12.0 Å². The summed E-state index contributed by atoms with van der Waals surface area (Å²) in [6.07, 6.45) is 1.68. The molecule has 2 fully saturated rings. The Bertz CT molecular complexity index is 342. The normalized spacial score (nSPS) is 31.9. The van der Waals surface area contributed by atoms with Crippen LogP contribution < -0.4 is 0 Å². The minimum atomic E-state index is -0.393. The van der Waals surface area contributed by atoms with E-state index in [1.807, 2.05) is 0 Å². The summed E-state index contributed by atoms with van der Waals surface area (Å²) in [5.74, 6) is -0.441. The molecule has 17 heavy (non-hydrogen) atoms. The fourth-order valence-corrected chi connectivity index (χ4v) is 2.87. The van der Waals surface area contributed by atoms with E-state index >= 15 is 0 Å². The van der Waals surface area contributed by atoms with Crippen LogP contribution in [0.2, 0.25) is 0 Å². The zero-order valence-corrected chi connectivity index (χ0v) is 10.1. The largest absolute Gasteiger partial charge is 0.469 e. The molecule has 2 aliphatic rings. The maximum atomic E-state index is 12.0. The second kappa shape index (κ2) is 4.47. The molecule has 2 unspecified atom stereocenters. The number of fused-ring (bicyclic) bond motifs is 1. The number of carbonyl (C=O) groups excluding carboxylic acids is 3. The van der Waals surface area contributed by atoms with Crippen LogP contribution in [-0.2, 0) is 19.1 Å². The molecule has 2 amide bonds. The number of carbonyl (C=O) groups is 3. The quantitative estimate of drug-likeness (QED) is 0.534. The Hall–Kier alpha value is -1.39. The zero-order chi connectivity index (χ0) is 12.6. The Morgan fingerprint density at radius 1 is 1.29 bits per heavy atom. The fourth-order valence-electron chi connectivity index (χ4n) is 2.87. The molecule has 1 heterocycles. The standard InChI is InChI=1S/C12H17NO4/c1-7-5-8-9(6-7)12(16)13(11(8)15)4-3-10(14)17-2/h7-9H,3-6H2,1-2H3. The summed E-state index contributed by atoms with van der Waals surface area (Å²) < 4.78 is 4.50. The van der Waals surface area contributed by atoms with Crippen LogP contribution >= 0.6 is 0 Å². The molecule has 0 radical (unpaired) electrons. The van der Waals surface area contributed by atoms with E-state index in [9.17, 15) is 14.4 Å². The molecule has 1 saturated carbocycles. The van der Waals surface area contributed by atoms with Crippen LogP contribution in [0.3, 0.4) is 0 Å². The second-order valence-corrected chi connectivity index (χ2v) is 4.94. The van der Waals surface area contributed by atoms with Gasteiger partial charge in [0.25, 0.3) is 0 Å². The van der Waals surface area contributed by atoms with Gasteiger partial charge in [0.2, 0.25) is 11.8 Å². The molecule has 5 heteroatoms. The van der Waals surface area contributed by atoms with Crippen LogP contribution in [-0.4, -0.2) is 36.3 Å². The van der Waals surface area contributed by atoms with Gasteiger partial charge in [-0.3, -0.25) is 19.3 Å². The summed E-state index contributed by atoms with van der Waals surface area (Å²) in [5.41, 5.74) is 0. The van der Waals surface area contributed by atoms with Crippen molar-refractivity contribution in [2.24, 2.45) is 17.8 Å². The number of methoxy groups -OCH3 is 1. The molecular weight excluding hydrogens is 222 g/mol. The van der Waals surface area contributed by atoms with Crippen LogP contribution in [0.5, 0.6) is 0 Å². The van der Waals surface area contributed by atoms with Crippen LogP contribution in [0.25, 0.3) is 0 Å². The molecule has 0 aromatic carbocycles. The number of ether oxygens (including phenoxy) is 1. The third-order valence-corrected chi connectivity index (χ3v) is 3.73. The van der Waals surface area contributed by atoms with Crippen molar-refractivity contribution in [3.8, 4) is 0 Å². The lowest BCUT2D eigenvalue weighted by Gasteiger charge is -2.15. The summed E-state index contributed by atoms with van der Waals surface area (Å²) in [4.78, 5) is 36.2. The van der Waals surface area contributed by atoms with Crippen LogP contribution in [0.15, 0.2) is 0 Å². The number of likely N-dealkylation sites (tertiary alicyclic amines) is 1. The Labute approximate surface area is 100 Å². The maximum absolute atomic E-state index is 12.0. The van der Waals surface area contributed by atoms with Crippen molar-refractivity contribution in [1.82, 2.24) is 4.90 Å². The van der Waals surface area contributed by atoms with Gasteiger partial charge in [0.15, 0.2) is 0 Å². The highest BCUT2D eigenvalue weighted by Crippen LogP contribution is 2.42. The monoisotopic (exact) mass is 239 g/mol. The summed E-state index contributed by atoms with van der Waals surface area (Å²) in [6, 6.07) is 0. The fraction of sp³-hybridized carbons (Fsp3) is 0.750. The van der Waals surface area contributed by atoms with Gasteiger partial charge in [-0.1, -0.05) is 6.92 Å². The first-order chi connectivity index (χ1) is 8.04. The minimum Gasteiger partial charge on any atom is -0.469 e. The molecule has 94 valence electrons. The third-order valence-electron chi connectivity index (χ3n) is 3.73. The molecule has 1 aliphatic carbocycles. The van der Waals surface area contributed by atoms with Crippen molar-refractivity contribution in [2.75, 3.05) is 13.7 Å². The predicted octanol–water partition coefficient (Wildman–Crippen LogP) is 0.581. The highest BCUT2D eigenvalue weighted by Gasteiger charge is 2.51. The molecule has 0 aromatic rings. The van der Waals surface area contributed by atoms with Crippen molar-refractivity contribution < 1.29 is 19.1 Å². The lowest BCUT2D eigenvalue weighted by Crippen LogP contribution is -2.34. The van der Waals surface area contributed by atoms with E-state index in [1.54, 1.807) is 0 Å². The van der Waals surface area contributed by atoms with E-state index < -0.39 is 5.97 Å². The minimum absolute atomic E-state index is 0.0863. The first-order valence-corrected chi connectivity index (χ1v) is 5.96. The Kier molecular flexibility index (Phi) is 3.17. The van der Waals surface area contributed by atoms with E-state index in [2.05, 4.69) is 11.7 Å². The van der Waals surface area contributed by atoms with Crippen LogP contribution in [0.4, 0.5) is 0 Å². The van der Waals surface area contributed by atoms with Crippen molar-refractivity contribution in [2.45, 2.75) is 26.2 Å². The number of esters is 1. The average molecular weight is 239 g/mol. The van der Waals surface area contributed by atoms with E-state index in [0.29, 0.717) is 5.92 Å². The Balaban J connectivity index is 2.00. The predicted molar refractivity (Wildman–Crippen MR) is 58.7 cm³/mol. The van der Waals surface area contributed by atoms with E-state index in [-0.39, 0.29) is 36.6 Å². The molecular formula is C12H17NO4. The first kappa shape index (κ1) is 12.1. The second-order valence-electron chi connectivity index (χ2n) is 4.94. The average Bonchev–Trinajstić information content (AvgIpc) is 2.78. The molecule has 0 N–H and O–H groups in total. The number of imide groups is 1. The highest BCUT2D eigenvalue weighted by molar-refractivity contribution is 6.05. The van der Waals surface area contributed by atoms with Crippen LogP contribution in [0, 0.1) is 17.8 Å². The molecule has 2 atom stereocenters. The lowest BCUT2D eigenvalue weighted by atomic mass is 10.00. The molecule has 1 saturated heterocycles. The Morgan fingerprint density at radius 2 is 1.82 bits per heavy atom. The smallest absolute Gasteiger partial charge is 0.307 e. The van der Waals surface area contributed by atoms with Gasteiger partial charge in [0.05, 0.1) is 25.4 Å². The number of nitrogens with zero attached hydrogens (tertiary/aromatic N) is 1. The van der Waals surface area contributed by atoms with Crippen molar-refractivity contribution in [3.63, 3.8) is 0 Å². The summed E-state index contributed by atoms with van der Waals surface area (Å²) in [7, 11) is 1.30. The summed E-state index contributed by atoms with van der Waals surface area (Å²) in [5, 5.41) is 0. The number of hydrogen-bond acceptors (Lipinski definition) is 4. The molecule has 2 rings (SSSR count). The number of rotatable bonds is 3. The van der Waals surface area contributed by atoms with Crippen molar-refractivity contribution >= 4 is 17.8 Å². The number of amides is 2. The molecule has 5 nitrogen and oxygen atoms in total. The van der Waals surface area contributed by atoms with Gasteiger partial charge >= 0.3 is 5.97 Å². The van der Waals surface area contributed by atoms with Gasteiger partial charge < -0.3 is 4.74 Å². The molecule has 0 bridgehead atoms. The van der Waals surface area contributed by atoms with Gasteiger partial charge in [-0.15, -0.1) is 0 Å². The Morgan fingerprint density at radius 3 is 2.29 bits per heavy atom. The summed E-state index contributed by atoms with van der Waals surface area (Å²) in [6.45, 7) is 2.23. The van der Waals surface area contributed by atoms with Gasteiger partial charge in [-0.05, 0) is 18.8 Å². The topological polar surface area (TPSA) is 63.7 Å². The highest BCUT2D eigenvalue weighted by atomic mass is 16.5. The van der Waals surface area contributed by atoms with Gasteiger partial charge in [0, 0.05) is 6.54 Å². The van der Waals surface area contributed by atoms with E-state index in [4.69, 9.17) is 0 Å². The lowest BCUT2D eigenvalue weighted by molar-refractivity contribution is -0.144. The van der Waals surface area contributed by atoms with Gasteiger partial charge in [-0.2, -0.15) is 0 Å². The maximum Gasteiger partial charge on any atom is 0.307 e. The molecule has 0 spiro atoms. The third kappa shape index (κ3) is 2.06. The molecule has 0 aromatic heterocycles. The van der Waals surface area contributed by atoms with Crippen molar-refractivity contribution in [3.05, 3.63) is 0 Å². The van der Waals surface area contributed by atoms with E-state index in [0.717, 1.165) is 12.8 Å². The SMILES string of the molecule is COC(=O)CCN1C(=O)C2CC(C)CC2C1=O. The van der Waals surface area contributed by atoms with Gasteiger partial charge in [0.1, 0.15) is 0 Å². The zero-order valence-electron chi connectivity index (χ0n) is 10.1. The number of hydrogen-bond donors (Lipinski definition) is 0.